The zero-order chi connectivity index (χ0) is 16.4. The number of aromatic nitrogens is 2. The highest BCUT2D eigenvalue weighted by Crippen LogP contribution is 2.26. The number of aliphatic hydroxyl groups excluding tert-OH is 1. The number of aliphatic hydroxyl groups is 1. The summed E-state index contributed by atoms with van der Waals surface area (Å²) in [7, 11) is 0. The molecular weight excluding hydrogens is 296 g/mol. The summed E-state index contributed by atoms with van der Waals surface area (Å²) < 4.78 is 1.41. The molecule has 1 heterocycles. The van der Waals surface area contributed by atoms with E-state index in [9.17, 15) is 9.90 Å². The molecule has 1 unspecified atom stereocenters. The van der Waals surface area contributed by atoms with Crippen LogP contribution in [0.5, 0.6) is 0 Å². The largest absolute Gasteiger partial charge is 0.479 e. The first kappa shape index (κ1) is 15.1. The van der Waals surface area contributed by atoms with E-state index in [1.165, 1.54) is 4.73 Å². The van der Waals surface area contributed by atoms with Crippen molar-refractivity contribution in [1.82, 2.24) is 9.71 Å². The van der Waals surface area contributed by atoms with Crippen molar-refractivity contribution >= 4 is 17.0 Å². The minimum Gasteiger partial charge on any atom is -0.479 e. The Kier molecular flexibility index (Phi) is 3.99. The first-order valence-corrected chi connectivity index (χ1v) is 7.17. The van der Waals surface area contributed by atoms with Crippen molar-refractivity contribution in [2.45, 2.75) is 13.0 Å². The molecule has 1 atom stereocenters. The smallest absolute Gasteiger partial charge is 0.344 e. The SMILES string of the molecule is CC(O)c1ccc2nc(-c3ccccc3)n(OCC(=O)O)c2c1. The van der Waals surface area contributed by atoms with Crippen molar-refractivity contribution < 1.29 is 19.8 Å². The summed E-state index contributed by atoms with van der Waals surface area (Å²) in [6.45, 7) is 1.18. The van der Waals surface area contributed by atoms with Gasteiger partial charge in [-0.2, -0.15) is 4.73 Å². The number of aliphatic carboxylic acids is 1. The van der Waals surface area contributed by atoms with E-state index in [0.29, 0.717) is 22.4 Å². The number of hydrogen-bond acceptors (Lipinski definition) is 4. The number of hydrogen-bond donors (Lipinski definition) is 2. The molecule has 0 saturated heterocycles. The summed E-state index contributed by atoms with van der Waals surface area (Å²) in [5, 5.41) is 18.6. The van der Waals surface area contributed by atoms with Gasteiger partial charge in [0.25, 0.3) is 0 Å². The summed E-state index contributed by atoms with van der Waals surface area (Å²) in [5.74, 6) is -0.554. The van der Waals surface area contributed by atoms with Crippen LogP contribution in [0.4, 0.5) is 0 Å². The minimum absolute atomic E-state index is 0.482. The summed E-state index contributed by atoms with van der Waals surface area (Å²) in [5.41, 5.74) is 2.80. The molecule has 3 aromatic rings. The van der Waals surface area contributed by atoms with Crippen LogP contribution in [0.3, 0.4) is 0 Å². The van der Waals surface area contributed by atoms with Crippen LogP contribution in [0, 0.1) is 0 Å². The van der Waals surface area contributed by atoms with E-state index in [4.69, 9.17) is 9.94 Å². The lowest BCUT2D eigenvalue weighted by Crippen LogP contribution is -2.20. The molecule has 1 aromatic heterocycles. The molecule has 0 amide bonds. The Bertz CT molecular complexity index is 840. The zero-order valence-electron chi connectivity index (χ0n) is 12.5. The van der Waals surface area contributed by atoms with E-state index in [0.717, 1.165) is 5.56 Å². The van der Waals surface area contributed by atoms with Crippen molar-refractivity contribution in [1.29, 1.82) is 0 Å². The molecule has 2 N–H and O–H groups in total. The van der Waals surface area contributed by atoms with Crippen molar-refractivity contribution in [3.05, 3.63) is 54.1 Å². The van der Waals surface area contributed by atoms with Crippen LogP contribution in [0.2, 0.25) is 0 Å². The third kappa shape index (κ3) is 3.02. The lowest BCUT2D eigenvalue weighted by molar-refractivity contribution is -0.142. The fourth-order valence-electron chi connectivity index (χ4n) is 2.35. The molecule has 6 nitrogen and oxygen atoms in total. The Labute approximate surface area is 132 Å². The quantitative estimate of drug-likeness (QED) is 0.755. The van der Waals surface area contributed by atoms with Gasteiger partial charge in [0.2, 0.25) is 6.61 Å². The monoisotopic (exact) mass is 312 g/mol. The Morgan fingerprint density at radius 2 is 2.00 bits per heavy atom. The van der Waals surface area contributed by atoms with Gasteiger partial charge in [-0.3, -0.25) is 0 Å². The maximum Gasteiger partial charge on any atom is 0.344 e. The average Bonchev–Trinajstić information content (AvgIpc) is 2.91. The van der Waals surface area contributed by atoms with E-state index in [1.54, 1.807) is 25.1 Å². The molecule has 0 bridgehead atoms. The molecule has 0 aliphatic carbocycles. The highest BCUT2D eigenvalue weighted by atomic mass is 16.7. The van der Waals surface area contributed by atoms with Crippen molar-refractivity contribution in [3.63, 3.8) is 0 Å². The van der Waals surface area contributed by atoms with Crippen molar-refractivity contribution in [2.24, 2.45) is 0 Å². The lowest BCUT2D eigenvalue weighted by Gasteiger charge is -2.10. The first-order chi connectivity index (χ1) is 11.1. The molecule has 3 rings (SSSR count). The van der Waals surface area contributed by atoms with Gasteiger partial charge in [0.05, 0.1) is 11.6 Å². The van der Waals surface area contributed by atoms with Gasteiger partial charge in [0.1, 0.15) is 5.52 Å². The minimum atomic E-state index is -1.07. The molecule has 0 fully saturated rings. The lowest BCUT2D eigenvalue weighted by atomic mass is 10.1. The summed E-state index contributed by atoms with van der Waals surface area (Å²) in [6.07, 6.45) is -0.637. The molecule has 23 heavy (non-hydrogen) atoms. The van der Waals surface area contributed by atoms with Gasteiger partial charge in [-0.05, 0) is 24.6 Å². The second-order valence-corrected chi connectivity index (χ2v) is 5.19. The van der Waals surface area contributed by atoms with Crippen LogP contribution in [0.15, 0.2) is 48.5 Å². The summed E-state index contributed by atoms with van der Waals surface area (Å²) in [4.78, 5) is 20.8. The zero-order valence-corrected chi connectivity index (χ0v) is 12.5. The van der Waals surface area contributed by atoms with Crippen molar-refractivity contribution in [3.8, 4) is 11.4 Å². The molecule has 2 aromatic carbocycles. The second kappa shape index (κ2) is 6.10. The standard InChI is InChI=1S/C17H16N2O4/c1-11(20)13-7-8-14-15(9-13)19(23-10-16(21)22)17(18-14)12-5-3-2-4-6-12/h2-9,11,20H,10H2,1H3,(H,21,22). The summed E-state index contributed by atoms with van der Waals surface area (Å²) >= 11 is 0. The van der Waals surface area contributed by atoms with E-state index in [-0.39, 0.29) is 0 Å². The highest BCUT2D eigenvalue weighted by Gasteiger charge is 2.16. The topological polar surface area (TPSA) is 84.6 Å². The van der Waals surface area contributed by atoms with Crippen LogP contribution >= 0.6 is 0 Å². The molecule has 6 heteroatoms. The van der Waals surface area contributed by atoms with Gasteiger partial charge in [-0.15, -0.1) is 0 Å². The van der Waals surface area contributed by atoms with Gasteiger partial charge < -0.3 is 15.1 Å². The second-order valence-electron chi connectivity index (χ2n) is 5.19. The molecular formula is C17H16N2O4. The van der Waals surface area contributed by atoms with Gasteiger partial charge in [0, 0.05) is 5.56 Å². The van der Waals surface area contributed by atoms with Crippen LogP contribution in [-0.2, 0) is 4.79 Å². The summed E-state index contributed by atoms with van der Waals surface area (Å²) in [6, 6.07) is 14.7. The number of rotatable bonds is 5. The number of fused-ring (bicyclic) bond motifs is 1. The number of benzene rings is 2. The molecule has 0 spiro atoms. The van der Waals surface area contributed by atoms with E-state index < -0.39 is 18.7 Å². The predicted octanol–water partition coefficient (Wildman–Crippen LogP) is 2.27. The predicted molar refractivity (Wildman–Crippen MR) is 84.9 cm³/mol. The number of imidazole rings is 1. The first-order valence-electron chi connectivity index (χ1n) is 7.17. The maximum atomic E-state index is 10.9. The number of carboxylic acid groups (broad SMARTS) is 1. The maximum absolute atomic E-state index is 10.9. The normalized spacial score (nSPS) is 12.3. The Hall–Kier alpha value is -2.86. The van der Waals surface area contributed by atoms with Crippen LogP contribution in [0.1, 0.15) is 18.6 Å². The van der Waals surface area contributed by atoms with E-state index in [2.05, 4.69) is 4.98 Å². The fraction of sp³-hybridized carbons (Fsp3) is 0.176. The van der Waals surface area contributed by atoms with E-state index >= 15 is 0 Å². The van der Waals surface area contributed by atoms with Crippen LogP contribution in [-0.4, -0.2) is 32.5 Å². The number of carbonyl (C=O) groups is 1. The Morgan fingerprint density at radius 3 is 2.65 bits per heavy atom. The van der Waals surface area contributed by atoms with Gasteiger partial charge in [0.15, 0.2) is 5.82 Å². The van der Waals surface area contributed by atoms with Gasteiger partial charge in [-0.1, -0.05) is 36.4 Å². The third-order valence-corrected chi connectivity index (χ3v) is 3.47. The average molecular weight is 312 g/mol. The number of carboxylic acids is 1. The Morgan fingerprint density at radius 1 is 1.26 bits per heavy atom. The molecule has 118 valence electrons. The van der Waals surface area contributed by atoms with Crippen molar-refractivity contribution in [2.75, 3.05) is 6.61 Å². The molecule has 0 saturated carbocycles. The van der Waals surface area contributed by atoms with Crippen LogP contribution < -0.4 is 4.84 Å². The fourth-order valence-corrected chi connectivity index (χ4v) is 2.35. The number of nitrogens with zero attached hydrogens (tertiary/aromatic N) is 2. The molecule has 0 aliphatic heterocycles. The van der Waals surface area contributed by atoms with E-state index in [1.807, 2.05) is 30.3 Å². The van der Waals surface area contributed by atoms with Gasteiger partial charge >= 0.3 is 5.97 Å². The highest BCUT2D eigenvalue weighted by molar-refractivity contribution is 5.81. The van der Waals surface area contributed by atoms with Crippen LogP contribution in [0.25, 0.3) is 22.4 Å². The molecule has 0 radical (unpaired) electrons. The van der Waals surface area contributed by atoms with Gasteiger partial charge in [-0.25, -0.2) is 9.78 Å². The third-order valence-electron chi connectivity index (χ3n) is 3.47. The Balaban J connectivity index is 2.18. The molecule has 0 aliphatic rings.